The molecular formula is C16H26N2O2S. The summed E-state index contributed by atoms with van der Waals surface area (Å²) in [4.78, 5) is 0. The van der Waals surface area contributed by atoms with Gasteiger partial charge in [-0.05, 0) is 44.2 Å². The first-order chi connectivity index (χ1) is 10.0. The van der Waals surface area contributed by atoms with Gasteiger partial charge in [-0.3, -0.25) is 0 Å². The van der Waals surface area contributed by atoms with Gasteiger partial charge < -0.3 is 5.32 Å². The number of benzene rings is 1. The van der Waals surface area contributed by atoms with Crippen LogP contribution < -0.4 is 5.32 Å². The van der Waals surface area contributed by atoms with Gasteiger partial charge in [0, 0.05) is 19.6 Å². The van der Waals surface area contributed by atoms with Gasteiger partial charge in [-0.1, -0.05) is 30.3 Å². The standard InChI is InChI=1S/C16H26N2O2S/c1-17-16-10-8-15(9-11-16)13-21(19,20)18(2)12-14-6-4-3-5-7-14/h3-7,15-17H,8-13H2,1-2H3/t15-,16-. The van der Waals surface area contributed by atoms with Gasteiger partial charge in [0.15, 0.2) is 0 Å². The topological polar surface area (TPSA) is 49.4 Å². The lowest BCUT2D eigenvalue weighted by Gasteiger charge is -2.29. The maximum absolute atomic E-state index is 12.5. The van der Waals surface area contributed by atoms with Crippen LogP contribution in [0.25, 0.3) is 0 Å². The van der Waals surface area contributed by atoms with Crippen molar-refractivity contribution in [2.75, 3.05) is 19.8 Å². The van der Waals surface area contributed by atoms with E-state index in [4.69, 9.17) is 0 Å². The molecule has 0 radical (unpaired) electrons. The van der Waals surface area contributed by atoms with Gasteiger partial charge in [0.25, 0.3) is 0 Å². The molecule has 5 heteroatoms. The fraction of sp³-hybridized carbons (Fsp3) is 0.625. The van der Waals surface area contributed by atoms with Gasteiger partial charge in [0.1, 0.15) is 0 Å². The Morgan fingerprint density at radius 1 is 1.14 bits per heavy atom. The average molecular weight is 310 g/mol. The van der Waals surface area contributed by atoms with Crippen LogP contribution in [0, 0.1) is 5.92 Å². The van der Waals surface area contributed by atoms with E-state index in [0.29, 0.717) is 18.5 Å². The fourth-order valence-electron chi connectivity index (χ4n) is 2.98. The van der Waals surface area contributed by atoms with E-state index < -0.39 is 10.0 Å². The summed E-state index contributed by atoms with van der Waals surface area (Å²) in [6.45, 7) is 0.453. The highest BCUT2D eigenvalue weighted by Crippen LogP contribution is 2.26. The quantitative estimate of drug-likeness (QED) is 0.876. The molecule has 2 rings (SSSR count). The second-order valence-electron chi connectivity index (χ2n) is 6.03. The molecule has 4 nitrogen and oxygen atoms in total. The zero-order chi connectivity index (χ0) is 15.3. The van der Waals surface area contributed by atoms with Crippen LogP contribution in [0.4, 0.5) is 0 Å². The minimum atomic E-state index is -3.17. The molecule has 1 aliphatic rings. The van der Waals surface area contributed by atoms with Crippen molar-refractivity contribution in [1.82, 2.24) is 9.62 Å². The molecule has 0 aromatic heterocycles. The van der Waals surface area contributed by atoms with E-state index in [1.54, 1.807) is 7.05 Å². The molecule has 1 N–H and O–H groups in total. The van der Waals surface area contributed by atoms with Crippen molar-refractivity contribution in [1.29, 1.82) is 0 Å². The number of hydrogen-bond acceptors (Lipinski definition) is 3. The van der Waals surface area contributed by atoms with E-state index in [9.17, 15) is 8.42 Å². The summed E-state index contributed by atoms with van der Waals surface area (Å²) in [5.74, 6) is 0.588. The summed E-state index contributed by atoms with van der Waals surface area (Å²) in [7, 11) is 0.494. The fourth-order valence-corrected chi connectivity index (χ4v) is 4.51. The van der Waals surface area contributed by atoms with Crippen LogP contribution in [0.1, 0.15) is 31.2 Å². The molecule has 0 amide bonds. The lowest BCUT2D eigenvalue weighted by Crippen LogP contribution is -2.36. The number of nitrogens with zero attached hydrogens (tertiary/aromatic N) is 1. The summed E-state index contributed by atoms with van der Waals surface area (Å²) in [6, 6.07) is 10.3. The highest BCUT2D eigenvalue weighted by Gasteiger charge is 2.27. The first-order valence-corrected chi connectivity index (χ1v) is 9.27. The monoisotopic (exact) mass is 310 g/mol. The third-order valence-corrected chi connectivity index (χ3v) is 6.40. The average Bonchev–Trinajstić information content (AvgIpc) is 2.48. The highest BCUT2D eigenvalue weighted by molar-refractivity contribution is 7.89. The SMILES string of the molecule is CN[C@H]1CC[C@H](CS(=O)(=O)N(C)Cc2ccccc2)CC1. The van der Waals surface area contributed by atoms with Gasteiger partial charge in [-0.25, -0.2) is 12.7 Å². The van der Waals surface area contributed by atoms with Gasteiger partial charge in [-0.15, -0.1) is 0 Å². The summed E-state index contributed by atoms with van der Waals surface area (Å²) in [6.07, 6.45) is 4.17. The lowest BCUT2D eigenvalue weighted by atomic mass is 9.87. The molecule has 0 saturated heterocycles. The Morgan fingerprint density at radius 3 is 2.33 bits per heavy atom. The van der Waals surface area contributed by atoms with Crippen LogP contribution >= 0.6 is 0 Å². The van der Waals surface area contributed by atoms with E-state index in [0.717, 1.165) is 31.2 Å². The van der Waals surface area contributed by atoms with E-state index >= 15 is 0 Å². The third-order valence-electron chi connectivity index (χ3n) is 4.42. The van der Waals surface area contributed by atoms with Gasteiger partial charge in [0.2, 0.25) is 10.0 Å². The predicted molar refractivity (Wildman–Crippen MR) is 86.5 cm³/mol. The van der Waals surface area contributed by atoms with Crippen molar-refractivity contribution < 1.29 is 8.42 Å². The van der Waals surface area contributed by atoms with Crippen molar-refractivity contribution >= 4 is 10.0 Å². The molecule has 1 aromatic rings. The summed E-state index contributed by atoms with van der Waals surface area (Å²) in [5.41, 5.74) is 1.03. The summed E-state index contributed by atoms with van der Waals surface area (Å²) in [5, 5.41) is 3.28. The number of hydrogen-bond donors (Lipinski definition) is 1. The minimum Gasteiger partial charge on any atom is -0.317 e. The molecule has 0 bridgehead atoms. The first-order valence-electron chi connectivity index (χ1n) is 7.66. The summed E-state index contributed by atoms with van der Waals surface area (Å²) < 4.78 is 26.4. The normalized spacial score (nSPS) is 23.4. The van der Waals surface area contributed by atoms with Crippen molar-refractivity contribution in [2.45, 2.75) is 38.3 Å². The maximum Gasteiger partial charge on any atom is 0.214 e. The Kier molecular flexibility index (Phi) is 5.79. The zero-order valence-electron chi connectivity index (χ0n) is 13.0. The van der Waals surface area contributed by atoms with Gasteiger partial charge in [0.05, 0.1) is 5.75 Å². The lowest BCUT2D eigenvalue weighted by molar-refractivity contribution is 0.316. The van der Waals surface area contributed by atoms with Crippen LogP contribution in [0.5, 0.6) is 0 Å². The smallest absolute Gasteiger partial charge is 0.214 e. The van der Waals surface area contributed by atoms with E-state index in [1.165, 1.54) is 4.31 Å². The van der Waals surface area contributed by atoms with Crippen LogP contribution in [-0.4, -0.2) is 38.6 Å². The maximum atomic E-state index is 12.5. The molecule has 0 atom stereocenters. The number of rotatable bonds is 6. The van der Waals surface area contributed by atoms with Crippen LogP contribution in [-0.2, 0) is 16.6 Å². The van der Waals surface area contributed by atoms with E-state index in [-0.39, 0.29) is 5.75 Å². The van der Waals surface area contributed by atoms with Crippen molar-refractivity contribution in [2.24, 2.45) is 5.92 Å². The molecule has 1 fully saturated rings. The molecule has 0 heterocycles. The second-order valence-corrected chi connectivity index (χ2v) is 8.15. The second kappa shape index (κ2) is 7.38. The van der Waals surface area contributed by atoms with E-state index in [1.807, 2.05) is 37.4 Å². The largest absolute Gasteiger partial charge is 0.317 e. The van der Waals surface area contributed by atoms with Crippen molar-refractivity contribution in [3.05, 3.63) is 35.9 Å². The Hall–Kier alpha value is -0.910. The molecule has 1 saturated carbocycles. The van der Waals surface area contributed by atoms with Crippen LogP contribution in [0.2, 0.25) is 0 Å². The molecule has 0 unspecified atom stereocenters. The zero-order valence-corrected chi connectivity index (χ0v) is 13.8. The van der Waals surface area contributed by atoms with Crippen LogP contribution in [0.3, 0.4) is 0 Å². The molecule has 1 aliphatic carbocycles. The van der Waals surface area contributed by atoms with Crippen molar-refractivity contribution in [3.63, 3.8) is 0 Å². The van der Waals surface area contributed by atoms with Gasteiger partial charge >= 0.3 is 0 Å². The highest BCUT2D eigenvalue weighted by atomic mass is 32.2. The molecule has 0 aliphatic heterocycles. The molecular weight excluding hydrogens is 284 g/mol. The Bertz CT molecular complexity index is 522. The summed E-state index contributed by atoms with van der Waals surface area (Å²) >= 11 is 0. The van der Waals surface area contributed by atoms with Crippen LogP contribution in [0.15, 0.2) is 30.3 Å². The minimum absolute atomic E-state index is 0.284. The first kappa shape index (κ1) is 16.5. The third kappa shape index (κ3) is 4.80. The number of sulfonamides is 1. The van der Waals surface area contributed by atoms with Gasteiger partial charge in [-0.2, -0.15) is 0 Å². The predicted octanol–water partition coefficient (Wildman–Crippen LogP) is 2.23. The Balaban J connectivity index is 1.89. The Morgan fingerprint density at radius 2 is 1.76 bits per heavy atom. The Labute approximate surface area is 128 Å². The molecule has 118 valence electrons. The molecule has 0 spiro atoms. The molecule has 21 heavy (non-hydrogen) atoms. The molecule has 1 aromatic carbocycles. The number of nitrogens with one attached hydrogen (secondary N) is 1. The van der Waals surface area contributed by atoms with E-state index in [2.05, 4.69) is 5.32 Å². The van der Waals surface area contributed by atoms with Crippen molar-refractivity contribution in [3.8, 4) is 0 Å².